The van der Waals surface area contributed by atoms with Crippen LogP contribution in [-0.4, -0.2) is 12.6 Å². The van der Waals surface area contributed by atoms with E-state index in [0.717, 1.165) is 12.5 Å². The van der Waals surface area contributed by atoms with Crippen molar-refractivity contribution in [1.29, 1.82) is 0 Å². The predicted molar refractivity (Wildman–Crippen MR) is 61.0 cm³/mol. The smallest absolute Gasteiger partial charge is 0.00103 e. The van der Waals surface area contributed by atoms with Crippen LogP contribution in [0.15, 0.2) is 0 Å². The fraction of sp³-hybridized carbons (Fsp3) is 1.00. The van der Waals surface area contributed by atoms with Crippen LogP contribution in [0.3, 0.4) is 0 Å². The summed E-state index contributed by atoms with van der Waals surface area (Å²) in [5.74, 6) is 0.839. The van der Waals surface area contributed by atoms with Gasteiger partial charge in [-0.25, -0.2) is 0 Å². The van der Waals surface area contributed by atoms with Crippen molar-refractivity contribution in [3.8, 4) is 0 Å². The Morgan fingerprint density at radius 1 is 1.08 bits per heavy atom. The van der Waals surface area contributed by atoms with Crippen molar-refractivity contribution in [3.05, 3.63) is 0 Å². The summed E-state index contributed by atoms with van der Waals surface area (Å²) in [5, 5.41) is 3.46. The highest BCUT2D eigenvalue weighted by Gasteiger charge is 2.14. The van der Waals surface area contributed by atoms with Crippen LogP contribution in [0.5, 0.6) is 0 Å². The lowest BCUT2D eigenvalue weighted by molar-refractivity contribution is 0.293. The molecule has 80 valence electrons. The molecule has 0 fully saturated rings. The molecule has 0 spiro atoms. The first-order chi connectivity index (χ1) is 5.81. The van der Waals surface area contributed by atoms with Crippen molar-refractivity contribution in [2.24, 2.45) is 11.3 Å². The maximum atomic E-state index is 3.46. The maximum Gasteiger partial charge on any atom is 0.00103 e. The van der Waals surface area contributed by atoms with E-state index < -0.39 is 0 Å². The van der Waals surface area contributed by atoms with Crippen LogP contribution in [0.2, 0.25) is 0 Å². The molecule has 0 bridgehead atoms. The van der Waals surface area contributed by atoms with E-state index in [1.165, 1.54) is 12.8 Å². The third kappa shape index (κ3) is 9.88. The molecule has 0 aliphatic carbocycles. The van der Waals surface area contributed by atoms with Gasteiger partial charge in [-0.15, -0.1) is 0 Å². The average molecular weight is 185 g/mol. The van der Waals surface area contributed by atoms with Crippen LogP contribution < -0.4 is 5.32 Å². The van der Waals surface area contributed by atoms with Crippen molar-refractivity contribution in [3.63, 3.8) is 0 Å². The highest BCUT2D eigenvalue weighted by molar-refractivity contribution is 4.67. The average Bonchev–Trinajstić information content (AvgIpc) is 1.81. The van der Waals surface area contributed by atoms with Gasteiger partial charge >= 0.3 is 0 Å². The Morgan fingerprint density at radius 2 is 1.62 bits per heavy atom. The quantitative estimate of drug-likeness (QED) is 0.692. The number of hydrogen-bond acceptors (Lipinski definition) is 1. The first-order valence-corrected chi connectivity index (χ1v) is 5.54. The zero-order valence-electron chi connectivity index (χ0n) is 10.3. The molecule has 0 aliphatic rings. The molecule has 1 heteroatoms. The van der Waals surface area contributed by atoms with Crippen molar-refractivity contribution < 1.29 is 0 Å². The van der Waals surface area contributed by atoms with Gasteiger partial charge in [0, 0.05) is 6.04 Å². The molecule has 0 rings (SSSR count). The Morgan fingerprint density at radius 3 is 2.00 bits per heavy atom. The first kappa shape index (κ1) is 13.0. The SMILES string of the molecule is CC(CCNC(C)C)CC(C)(C)C. The molecule has 1 nitrogen and oxygen atoms in total. The standard InChI is InChI=1S/C12H27N/c1-10(2)13-8-7-11(3)9-12(4,5)6/h10-11,13H,7-9H2,1-6H3. The van der Waals surface area contributed by atoms with Crippen molar-refractivity contribution in [2.75, 3.05) is 6.54 Å². The lowest BCUT2D eigenvalue weighted by Crippen LogP contribution is -2.25. The summed E-state index contributed by atoms with van der Waals surface area (Å²) in [5.41, 5.74) is 0.483. The Balaban J connectivity index is 3.46. The van der Waals surface area contributed by atoms with Crippen LogP contribution in [0.1, 0.15) is 54.4 Å². The second kappa shape index (κ2) is 5.64. The second-order valence-electron chi connectivity index (χ2n) is 5.77. The number of nitrogens with one attached hydrogen (secondary N) is 1. The number of hydrogen-bond donors (Lipinski definition) is 1. The van der Waals surface area contributed by atoms with E-state index in [4.69, 9.17) is 0 Å². The van der Waals surface area contributed by atoms with Crippen LogP contribution in [0.4, 0.5) is 0 Å². The number of rotatable bonds is 5. The van der Waals surface area contributed by atoms with Gasteiger partial charge in [0.05, 0.1) is 0 Å². The van der Waals surface area contributed by atoms with Gasteiger partial charge in [0.25, 0.3) is 0 Å². The lowest BCUT2D eigenvalue weighted by atomic mass is 9.84. The molecular weight excluding hydrogens is 158 g/mol. The maximum absolute atomic E-state index is 3.46. The zero-order valence-corrected chi connectivity index (χ0v) is 10.3. The van der Waals surface area contributed by atoms with Crippen molar-refractivity contribution in [2.45, 2.75) is 60.4 Å². The van der Waals surface area contributed by atoms with E-state index in [1.54, 1.807) is 0 Å². The molecule has 1 atom stereocenters. The molecule has 0 saturated carbocycles. The van der Waals surface area contributed by atoms with Crippen LogP contribution in [0, 0.1) is 11.3 Å². The summed E-state index contributed by atoms with van der Waals surface area (Å²) < 4.78 is 0. The summed E-state index contributed by atoms with van der Waals surface area (Å²) >= 11 is 0. The normalized spacial score (nSPS) is 15.0. The summed E-state index contributed by atoms with van der Waals surface area (Å²) in [7, 11) is 0. The third-order valence-electron chi connectivity index (χ3n) is 2.15. The van der Waals surface area contributed by atoms with E-state index in [-0.39, 0.29) is 0 Å². The fourth-order valence-corrected chi connectivity index (χ4v) is 1.77. The molecule has 13 heavy (non-hydrogen) atoms. The molecule has 0 radical (unpaired) electrons. The predicted octanol–water partition coefficient (Wildman–Crippen LogP) is 3.45. The molecule has 0 aliphatic heterocycles. The minimum absolute atomic E-state index is 0.483. The monoisotopic (exact) mass is 185 g/mol. The summed E-state index contributed by atoms with van der Waals surface area (Å²) in [6.07, 6.45) is 2.63. The molecule has 0 saturated heterocycles. The van der Waals surface area contributed by atoms with Crippen LogP contribution in [-0.2, 0) is 0 Å². The third-order valence-corrected chi connectivity index (χ3v) is 2.15. The fourth-order valence-electron chi connectivity index (χ4n) is 1.77. The highest BCUT2D eigenvalue weighted by Crippen LogP contribution is 2.25. The minimum Gasteiger partial charge on any atom is -0.315 e. The van der Waals surface area contributed by atoms with E-state index in [2.05, 4.69) is 46.9 Å². The van der Waals surface area contributed by atoms with Gasteiger partial charge in [-0.05, 0) is 30.7 Å². The van der Waals surface area contributed by atoms with Gasteiger partial charge in [-0.1, -0.05) is 41.5 Å². The molecule has 0 amide bonds. The van der Waals surface area contributed by atoms with Crippen LogP contribution in [0.25, 0.3) is 0 Å². The van der Waals surface area contributed by atoms with Crippen LogP contribution >= 0.6 is 0 Å². The highest BCUT2D eigenvalue weighted by atomic mass is 14.9. The van der Waals surface area contributed by atoms with E-state index >= 15 is 0 Å². The summed E-state index contributed by atoms with van der Waals surface area (Å²) in [6.45, 7) is 14.9. The topological polar surface area (TPSA) is 12.0 Å². The van der Waals surface area contributed by atoms with Gasteiger partial charge in [-0.2, -0.15) is 0 Å². The second-order valence-corrected chi connectivity index (χ2v) is 5.77. The molecule has 0 aromatic heterocycles. The minimum atomic E-state index is 0.483. The van der Waals surface area contributed by atoms with Gasteiger partial charge < -0.3 is 5.32 Å². The summed E-state index contributed by atoms with van der Waals surface area (Å²) in [4.78, 5) is 0. The zero-order chi connectivity index (χ0) is 10.5. The molecule has 1 unspecified atom stereocenters. The first-order valence-electron chi connectivity index (χ1n) is 5.54. The van der Waals surface area contributed by atoms with Crippen molar-refractivity contribution >= 4 is 0 Å². The van der Waals surface area contributed by atoms with Gasteiger partial charge in [0.2, 0.25) is 0 Å². The summed E-state index contributed by atoms with van der Waals surface area (Å²) in [6, 6.07) is 0.627. The Bertz CT molecular complexity index is 122. The molecule has 0 heterocycles. The van der Waals surface area contributed by atoms with Gasteiger partial charge in [0.1, 0.15) is 0 Å². The van der Waals surface area contributed by atoms with E-state index in [9.17, 15) is 0 Å². The Labute approximate surface area is 84.3 Å². The van der Waals surface area contributed by atoms with Gasteiger partial charge in [0.15, 0.2) is 0 Å². The lowest BCUT2D eigenvalue weighted by Gasteiger charge is -2.23. The Kier molecular flexibility index (Phi) is 5.62. The Hall–Kier alpha value is -0.0400. The molecule has 0 aromatic rings. The molecule has 0 aromatic carbocycles. The molecular formula is C12H27N. The van der Waals surface area contributed by atoms with Gasteiger partial charge in [-0.3, -0.25) is 0 Å². The van der Waals surface area contributed by atoms with Crippen molar-refractivity contribution in [1.82, 2.24) is 5.32 Å². The molecule has 1 N–H and O–H groups in total. The largest absolute Gasteiger partial charge is 0.315 e. The van der Waals surface area contributed by atoms with E-state index in [0.29, 0.717) is 11.5 Å². The van der Waals surface area contributed by atoms with E-state index in [1.807, 2.05) is 0 Å².